The fourth-order valence-electron chi connectivity index (χ4n) is 1.98. The number of carbonyl (C=O) groups excluding carboxylic acids is 1. The van der Waals surface area contributed by atoms with Crippen LogP contribution in [0.3, 0.4) is 0 Å². The standard InChI is InChI=1S/C16H16Br2N2O/c1-11(15-8-7-13(17)10-19-15)20-16(21)9-6-12-4-2-3-5-14(12)18/h2-5,7-8,10-11H,6,9H2,1H3,(H,20,21)/t11-/m0/s1. The number of halogens is 2. The molecule has 1 amide bonds. The molecule has 0 saturated carbocycles. The van der Waals surface area contributed by atoms with Gasteiger partial charge in [-0.1, -0.05) is 34.1 Å². The topological polar surface area (TPSA) is 42.0 Å². The summed E-state index contributed by atoms with van der Waals surface area (Å²) < 4.78 is 1.97. The van der Waals surface area contributed by atoms with E-state index in [1.807, 2.05) is 43.3 Å². The van der Waals surface area contributed by atoms with E-state index in [-0.39, 0.29) is 11.9 Å². The first-order valence-electron chi connectivity index (χ1n) is 6.70. The molecule has 0 aliphatic heterocycles. The van der Waals surface area contributed by atoms with Crippen LogP contribution in [0.5, 0.6) is 0 Å². The first kappa shape index (κ1) is 16.2. The molecular formula is C16H16Br2N2O. The molecule has 0 bridgehead atoms. The van der Waals surface area contributed by atoms with Crippen LogP contribution in [-0.2, 0) is 11.2 Å². The fraction of sp³-hybridized carbons (Fsp3) is 0.250. The van der Waals surface area contributed by atoms with Gasteiger partial charge in [0.1, 0.15) is 0 Å². The Kier molecular flexibility index (Phi) is 5.94. The minimum absolute atomic E-state index is 0.0305. The summed E-state index contributed by atoms with van der Waals surface area (Å²) in [7, 11) is 0. The van der Waals surface area contributed by atoms with Crippen molar-refractivity contribution in [3.8, 4) is 0 Å². The molecule has 0 saturated heterocycles. The van der Waals surface area contributed by atoms with Gasteiger partial charge in [0.25, 0.3) is 0 Å². The van der Waals surface area contributed by atoms with Crippen LogP contribution in [0.2, 0.25) is 0 Å². The molecule has 0 spiro atoms. The lowest BCUT2D eigenvalue weighted by molar-refractivity contribution is -0.121. The monoisotopic (exact) mass is 410 g/mol. The van der Waals surface area contributed by atoms with Crippen molar-refractivity contribution in [2.45, 2.75) is 25.8 Å². The molecule has 2 aromatic rings. The highest BCUT2D eigenvalue weighted by Crippen LogP contribution is 2.18. The summed E-state index contributed by atoms with van der Waals surface area (Å²) in [5.41, 5.74) is 1.99. The van der Waals surface area contributed by atoms with Crippen molar-refractivity contribution in [2.24, 2.45) is 0 Å². The smallest absolute Gasteiger partial charge is 0.220 e. The Bertz CT molecular complexity index is 614. The number of nitrogens with zero attached hydrogens (tertiary/aromatic N) is 1. The van der Waals surface area contributed by atoms with Crippen LogP contribution in [-0.4, -0.2) is 10.9 Å². The molecular weight excluding hydrogens is 396 g/mol. The number of aromatic nitrogens is 1. The van der Waals surface area contributed by atoms with E-state index in [4.69, 9.17) is 0 Å². The first-order chi connectivity index (χ1) is 10.1. The van der Waals surface area contributed by atoms with Crippen LogP contribution in [0.25, 0.3) is 0 Å². The number of carbonyl (C=O) groups is 1. The first-order valence-corrected chi connectivity index (χ1v) is 8.29. The van der Waals surface area contributed by atoms with Crippen LogP contribution in [0, 0.1) is 0 Å². The summed E-state index contributed by atoms with van der Waals surface area (Å²) in [6.07, 6.45) is 2.91. The number of amides is 1. The molecule has 0 fully saturated rings. The lowest BCUT2D eigenvalue weighted by Gasteiger charge is -2.13. The average Bonchev–Trinajstić information content (AvgIpc) is 2.47. The normalized spacial score (nSPS) is 12.0. The van der Waals surface area contributed by atoms with E-state index in [1.54, 1.807) is 6.20 Å². The van der Waals surface area contributed by atoms with Gasteiger partial charge in [0, 0.05) is 21.6 Å². The van der Waals surface area contributed by atoms with Crippen molar-refractivity contribution in [3.05, 3.63) is 62.8 Å². The van der Waals surface area contributed by atoms with Crippen molar-refractivity contribution >= 4 is 37.8 Å². The van der Waals surface area contributed by atoms with Crippen molar-refractivity contribution in [1.29, 1.82) is 0 Å². The van der Waals surface area contributed by atoms with E-state index < -0.39 is 0 Å². The summed E-state index contributed by atoms with van der Waals surface area (Å²) in [5.74, 6) is 0.0305. The lowest BCUT2D eigenvalue weighted by Crippen LogP contribution is -2.27. The van der Waals surface area contributed by atoms with Gasteiger partial charge in [-0.15, -0.1) is 0 Å². The zero-order chi connectivity index (χ0) is 15.2. The molecule has 2 rings (SSSR count). The highest BCUT2D eigenvalue weighted by molar-refractivity contribution is 9.10. The van der Waals surface area contributed by atoms with Gasteiger partial charge in [0.15, 0.2) is 0 Å². The second-order valence-corrected chi connectivity index (χ2v) is 6.55. The Morgan fingerprint density at radius 2 is 2.00 bits per heavy atom. The van der Waals surface area contributed by atoms with E-state index in [9.17, 15) is 4.79 Å². The van der Waals surface area contributed by atoms with Gasteiger partial charge in [-0.05, 0) is 53.0 Å². The number of benzene rings is 1. The second-order valence-electron chi connectivity index (χ2n) is 4.78. The Hall–Kier alpha value is -1.20. The Labute approximate surface area is 141 Å². The maximum atomic E-state index is 12.0. The van der Waals surface area contributed by atoms with Crippen LogP contribution >= 0.6 is 31.9 Å². The Morgan fingerprint density at radius 1 is 1.24 bits per heavy atom. The molecule has 1 aromatic carbocycles. The average molecular weight is 412 g/mol. The maximum absolute atomic E-state index is 12.0. The molecule has 3 nitrogen and oxygen atoms in total. The molecule has 5 heteroatoms. The van der Waals surface area contributed by atoms with E-state index in [0.29, 0.717) is 12.8 Å². The quantitative estimate of drug-likeness (QED) is 0.791. The minimum atomic E-state index is -0.0928. The summed E-state index contributed by atoms with van der Waals surface area (Å²) in [6, 6.07) is 11.7. The summed E-state index contributed by atoms with van der Waals surface area (Å²) >= 11 is 6.84. The molecule has 110 valence electrons. The largest absolute Gasteiger partial charge is 0.348 e. The number of rotatable bonds is 5. The van der Waals surface area contributed by atoms with Gasteiger partial charge < -0.3 is 5.32 Å². The molecule has 1 N–H and O–H groups in total. The SMILES string of the molecule is C[C@H](NC(=O)CCc1ccccc1Br)c1ccc(Br)cn1. The summed E-state index contributed by atoms with van der Waals surface area (Å²) in [6.45, 7) is 1.94. The van der Waals surface area contributed by atoms with Crippen LogP contribution in [0.4, 0.5) is 0 Å². The number of nitrogens with one attached hydrogen (secondary N) is 1. The Balaban J connectivity index is 1.87. The maximum Gasteiger partial charge on any atom is 0.220 e. The van der Waals surface area contributed by atoms with Crippen molar-refractivity contribution in [2.75, 3.05) is 0 Å². The van der Waals surface area contributed by atoms with Gasteiger partial charge >= 0.3 is 0 Å². The van der Waals surface area contributed by atoms with Crippen molar-refractivity contribution in [3.63, 3.8) is 0 Å². The summed E-state index contributed by atoms with van der Waals surface area (Å²) in [5, 5.41) is 2.97. The molecule has 0 aliphatic rings. The molecule has 1 atom stereocenters. The van der Waals surface area contributed by atoms with E-state index in [1.165, 1.54) is 0 Å². The van der Waals surface area contributed by atoms with Gasteiger partial charge in [-0.3, -0.25) is 9.78 Å². The molecule has 0 radical (unpaired) electrons. The number of pyridine rings is 1. The van der Waals surface area contributed by atoms with Crippen LogP contribution in [0.1, 0.15) is 30.6 Å². The third-order valence-electron chi connectivity index (χ3n) is 3.15. The fourth-order valence-corrected chi connectivity index (χ4v) is 2.70. The number of hydrogen-bond donors (Lipinski definition) is 1. The van der Waals surface area contributed by atoms with Gasteiger partial charge in [0.2, 0.25) is 5.91 Å². The van der Waals surface area contributed by atoms with Gasteiger partial charge in [-0.25, -0.2) is 0 Å². The highest BCUT2D eigenvalue weighted by atomic mass is 79.9. The third kappa shape index (κ3) is 4.93. The second kappa shape index (κ2) is 7.71. The van der Waals surface area contributed by atoms with Crippen LogP contribution in [0.15, 0.2) is 51.5 Å². The number of aryl methyl sites for hydroxylation is 1. The zero-order valence-corrected chi connectivity index (χ0v) is 14.8. The molecule has 0 unspecified atom stereocenters. The van der Waals surface area contributed by atoms with E-state index in [2.05, 4.69) is 42.2 Å². The van der Waals surface area contributed by atoms with Crippen LogP contribution < -0.4 is 5.32 Å². The van der Waals surface area contributed by atoms with Crippen molar-refractivity contribution in [1.82, 2.24) is 10.3 Å². The minimum Gasteiger partial charge on any atom is -0.348 e. The van der Waals surface area contributed by atoms with Gasteiger partial charge in [0.05, 0.1) is 11.7 Å². The number of hydrogen-bond acceptors (Lipinski definition) is 2. The zero-order valence-electron chi connectivity index (χ0n) is 11.6. The highest BCUT2D eigenvalue weighted by Gasteiger charge is 2.11. The predicted octanol–water partition coefficient (Wildman–Crippen LogP) is 4.42. The third-order valence-corrected chi connectivity index (χ3v) is 4.39. The Morgan fingerprint density at radius 3 is 2.67 bits per heavy atom. The van der Waals surface area contributed by atoms with E-state index in [0.717, 1.165) is 20.2 Å². The molecule has 21 heavy (non-hydrogen) atoms. The predicted molar refractivity (Wildman–Crippen MR) is 91.0 cm³/mol. The molecule has 1 aromatic heterocycles. The molecule has 1 heterocycles. The lowest BCUT2D eigenvalue weighted by atomic mass is 10.1. The van der Waals surface area contributed by atoms with Crippen molar-refractivity contribution < 1.29 is 4.79 Å². The van der Waals surface area contributed by atoms with E-state index >= 15 is 0 Å². The van der Waals surface area contributed by atoms with Gasteiger partial charge in [-0.2, -0.15) is 0 Å². The molecule has 0 aliphatic carbocycles. The summed E-state index contributed by atoms with van der Waals surface area (Å²) in [4.78, 5) is 16.3.